The molecule has 116 valence electrons. The molecule has 0 saturated carbocycles. The number of hydrogen-bond acceptors (Lipinski definition) is 6. The monoisotopic (exact) mass is 343 g/mol. The predicted molar refractivity (Wildman–Crippen MR) is 92.0 cm³/mol. The van der Waals surface area contributed by atoms with E-state index in [4.69, 9.17) is 9.15 Å². The molecule has 0 unspecified atom stereocenters. The number of fused-ring (bicyclic) bond motifs is 1. The van der Waals surface area contributed by atoms with Crippen molar-refractivity contribution >= 4 is 34.1 Å². The van der Waals surface area contributed by atoms with Gasteiger partial charge >= 0.3 is 0 Å². The van der Waals surface area contributed by atoms with Crippen LogP contribution in [0.1, 0.15) is 5.69 Å². The van der Waals surface area contributed by atoms with Gasteiger partial charge in [-0.1, -0.05) is 17.8 Å². The molecule has 0 atom stereocenters. The highest BCUT2D eigenvalue weighted by Gasteiger charge is 2.10. The molecule has 3 aromatic heterocycles. The number of nitrogens with zero attached hydrogens (tertiary/aromatic N) is 2. The van der Waals surface area contributed by atoms with Gasteiger partial charge < -0.3 is 14.1 Å². The number of aromatic nitrogens is 3. The number of nitrogens with one attached hydrogen (secondary N) is 1. The molecule has 0 aliphatic carbocycles. The number of oxazole rings is 1. The van der Waals surface area contributed by atoms with Gasteiger partial charge in [0.15, 0.2) is 5.16 Å². The molecule has 0 radical (unpaired) electrons. The number of methoxy groups -OCH3 is 1. The van der Waals surface area contributed by atoms with Crippen molar-refractivity contribution in [3.63, 3.8) is 0 Å². The summed E-state index contributed by atoms with van der Waals surface area (Å²) in [4.78, 5) is 13.4. The normalized spacial score (nSPS) is 11.2. The van der Waals surface area contributed by atoms with Crippen LogP contribution in [0.15, 0.2) is 51.5 Å². The smallest absolute Gasteiger partial charge is 0.236 e. The Labute approximate surface area is 140 Å². The van der Waals surface area contributed by atoms with E-state index in [1.165, 1.54) is 0 Å². The topological polar surface area (TPSA) is 63.9 Å². The van der Waals surface area contributed by atoms with Crippen molar-refractivity contribution in [1.82, 2.24) is 15.0 Å². The predicted octanol–water partition coefficient (Wildman–Crippen LogP) is 4.58. The van der Waals surface area contributed by atoms with E-state index in [9.17, 15) is 0 Å². The first-order valence-electron chi connectivity index (χ1n) is 6.96. The summed E-state index contributed by atoms with van der Waals surface area (Å²) in [5.74, 6) is 2.19. The largest absolute Gasteiger partial charge is 0.497 e. The van der Waals surface area contributed by atoms with Gasteiger partial charge in [-0.2, -0.15) is 0 Å². The second-order valence-corrected chi connectivity index (χ2v) is 6.75. The van der Waals surface area contributed by atoms with Gasteiger partial charge in [0.1, 0.15) is 12.0 Å². The van der Waals surface area contributed by atoms with Crippen LogP contribution in [0.2, 0.25) is 0 Å². The molecule has 0 saturated heterocycles. The van der Waals surface area contributed by atoms with Crippen LogP contribution < -0.4 is 4.74 Å². The molecule has 0 spiro atoms. The van der Waals surface area contributed by atoms with E-state index in [2.05, 4.69) is 15.0 Å². The van der Waals surface area contributed by atoms with Crippen molar-refractivity contribution in [1.29, 1.82) is 0 Å². The van der Waals surface area contributed by atoms with Crippen LogP contribution >= 0.6 is 23.1 Å². The van der Waals surface area contributed by atoms with Crippen molar-refractivity contribution in [3.05, 3.63) is 47.7 Å². The van der Waals surface area contributed by atoms with Crippen LogP contribution in [-0.2, 0) is 5.75 Å². The number of aromatic amines is 1. The van der Waals surface area contributed by atoms with Gasteiger partial charge in [-0.15, -0.1) is 11.3 Å². The number of thioether (sulfide) groups is 1. The number of hydrogen-bond donors (Lipinski definition) is 1. The number of thiophene rings is 1. The molecule has 4 aromatic rings. The summed E-state index contributed by atoms with van der Waals surface area (Å²) in [6.45, 7) is 0. The van der Waals surface area contributed by atoms with Gasteiger partial charge in [0.05, 0.1) is 28.7 Å². The quantitative estimate of drug-likeness (QED) is 0.537. The van der Waals surface area contributed by atoms with Crippen LogP contribution in [0.25, 0.3) is 21.8 Å². The maximum Gasteiger partial charge on any atom is 0.236 e. The lowest BCUT2D eigenvalue weighted by molar-refractivity contribution is 0.415. The minimum absolute atomic E-state index is 0.671. The molecule has 0 aliphatic heterocycles. The van der Waals surface area contributed by atoms with Gasteiger partial charge in [0, 0.05) is 11.8 Å². The van der Waals surface area contributed by atoms with Crippen molar-refractivity contribution < 1.29 is 9.15 Å². The molecule has 0 bridgehead atoms. The summed E-state index contributed by atoms with van der Waals surface area (Å²) in [6.07, 6.45) is 1.70. The molecule has 0 amide bonds. The summed E-state index contributed by atoms with van der Waals surface area (Å²) in [6, 6.07) is 9.78. The number of benzene rings is 1. The summed E-state index contributed by atoms with van der Waals surface area (Å²) in [5.41, 5.74) is 2.79. The molecule has 4 rings (SSSR count). The SMILES string of the molecule is COc1ccc2nc(SCc3coc(-c4cccs4)n3)[nH]c2c1. The third-order valence-corrected chi connectivity index (χ3v) is 5.07. The number of rotatable bonds is 5. The van der Waals surface area contributed by atoms with Gasteiger partial charge in [0.25, 0.3) is 0 Å². The lowest BCUT2D eigenvalue weighted by Gasteiger charge is -1.96. The molecular formula is C16H13N3O2S2. The average molecular weight is 343 g/mol. The van der Waals surface area contributed by atoms with E-state index in [1.54, 1.807) is 36.5 Å². The molecule has 1 aromatic carbocycles. The van der Waals surface area contributed by atoms with Crippen LogP contribution in [0, 0.1) is 0 Å². The second kappa shape index (κ2) is 6.10. The first kappa shape index (κ1) is 14.3. The van der Waals surface area contributed by atoms with E-state index in [1.807, 2.05) is 35.7 Å². The second-order valence-electron chi connectivity index (χ2n) is 4.84. The first-order chi connectivity index (χ1) is 11.3. The van der Waals surface area contributed by atoms with Gasteiger partial charge in [0.2, 0.25) is 5.89 Å². The number of ether oxygens (including phenoxy) is 1. The number of H-pyrrole nitrogens is 1. The highest BCUT2D eigenvalue weighted by Crippen LogP contribution is 2.28. The summed E-state index contributed by atoms with van der Waals surface area (Å²) < 4.78 is 10.7. The highest BCUT2D eigenvalue weighted by molar-refractivity contribution is 7.98. The zero-order chi connectivity index (χ0) is 15.6. The molecule has 3 heterocycles. The fourth-order valence-electron chi connectivity index (χ4n) is 2.19. The lowest BCUT2D eigenvalue weighted by atomic mass is 10.3. The van der Waals surface area contributed by atoms with Crippen LogP contribution in [-0.4, -0.2) is 22.1 Å². The van der Waals surface area contributed by atoms with Crippen LogP contribution in [0.3, 0.4) is 0 Å². The Balaban J connectivity index is 1.48. The Morgan fingerprint density at radius 2 is 2.26 bits per heavy atom. The third-order valence-electron chi connectivity index (χ3n) is 3.31. The Morgan fingerprint density at radius 1 is 1.30 bits per heavy atom. The minimum Gasteiger partial charge on any atom is -0.497 e. The van der Waals surface area contributed by atoms with Crippen molar-refractivity contribution in [2.75, 3.05) is 7.11 Å². The molecule has 7 heteroatoms. The average Bonchev–Trinajstić information content (AvgIpc) is 3.30. The Kier molecular flexibility index (Phi) is 3.80. The summed E-state index contributed by atoms with van der Waals surface area (Å²) in [5, 5.41) is 2.87. The molecule has 0 aliphatic rings. The Bertz CT molecular complexity index is 928. The van der Waals surface area contributed by atoms with Crippen molar-refractivity contribution in [3.8, 4) is 16.5 Å². The number of imidazole rings is 1. The van der Waals surface area contributed by atoms with Crippen LogP contribution in [0.4, 0.5) is 0 Å². The molecule has 23 heavy (non-hydrogen) atoms. The van der Waals surface area contributed by atoms with Crippen LogP contribution in [0.5, 0.6) is 5.75 Å². The van der Waals surface area contributed by atoms with Crippen molar-refractivity contribution in [2.24, 2.45) is 0 Å². The van der Waals surface area contributed by atoms with E-state index in [0.717, 1.165) is 32.5 Å². The lowest BCUT2D eigenvalue weighted by Crippen LogP contribution is -1.82. The van der Waals surface area contributed by atoms with E-state index in [0.29, 0.717) is 11.6 Å². The van der Waals surface area contributed by atoms with Gasteiger partial charge in [-0.3, -0.25) is 0 Å². The summed E-state index contributed by atoms with van der Waals surface area (Å²) in [7, 11) is 1.66. The summed E-state index contributed by atoms with van der Waals surface area (Å²) >= 11 is 3.21. The zero-order valence-electron chi connectivity index (χ0n) is 12.3. The third kappa shape index (κ3) is 2.97. The maximum atomic E-state index is 5.53. The zero-order valence-corrected chi connectivity index (χ0v) is 13.9. The minimum atomic E-state index is 0.671. The van der Waals surface area contributed by atoms with Crippen molar-refractivity contribution in [2.45, 2.75) is 10.9 Å². The Morgan fingerprint density at radius 3 is 3.09 bits per heavy atom. The molecular weight excluding hydrogens is 330 g/mol. The Hall–Kier alpha value is -2.25. The van der Waals surface area contributed by atoms with E-state index >= 15 is 0 Å². The fraction of sp³-hybridized carbons (Fsp3) is 0.125. The van der Waals surface area contributed by atoms with E-state index in [-0.39, 0.29) is 0 Å². The molecule has 1 N–H and O–H groups in total. The fourth-order valence-corrected chi connectivity index (χ4v) is 3.61. The first-order valence-corrected chi connectivity index (χ1v) is 8.83. The molecule has 0 fully saturated rings. The highest BCUT2D eigenvalue weighted by atomic mass is 32.2. The standard InChI is InChI=1S/C16H13N3O2S2/c1-20-11-4-5-12-13(7-11)19-16(18-12)23-9-10-8-21-15(17-10)14-3-2-6-22-14/h2-8H,9H2,1H3,(H,18,19). The van der Waals surface area contributed by atoms with E-state index < -0.39 is 0 Å². The molecule has 5 nitrogen and oxygen atoms in total. The van der Waals surface area contributed by atoms with Gasteiger partial charge in [-0.05, 0) is 23.6 Å². The van der Waals surface area contributed by atoms with Gasteiger partial charge in [-0.25, -0.2) is 9.97 Å². The maximum absolute atomic E-state index is 5.53.